The average molecular weight is 495 g/mol. The van der Waals surface area contributed by atoms with Crippen LogP contribution < -0.4 is 9.47 Å². The molecule has 1 saturated heterocycles. The van der Waals surface area contributed by atoms with Crippen molar-refractivity contribution in [3.8, 4) is 11.5 Å². The van der Waals surface area contributed by atoms with Crippen LogP contribution in [0.25, 0.3) is 0 Å². The van der Waals surface area contributed by atoms with Crippen LogP contribution >= 0.6 is 15.9 Å². The fourth-order valence-corrected chi connectivity index (χ4v) is 3.67. The van der Waals surface area contributed by atoms with E-state index in [1.54, 1.807) is 14.2 Å². The van der Waals surface area contributed by atoms with Gasteiger partial charge in [-0.3, -0.25) is 9.80 Å². The fraction of sp³-hybridized carbons (Fsp3) is 0.364. The number of carboxylic acid groups (broad SMARTS) is 2. The van der Waals surface area contributed by atoms with Crippen LogP contribution in [0.3, 0.4) is 0 Å². The maximum Gasteiger partial charge on any atom is 0.414 e. The molecule has 1 fully saturated rings. The number of piperazine rings is 1. The minimum atomic E-state index is -1.82. The van der Waals surface area contributed by atoms with Gasteiger partial charge in [-0.2, -0.15) is 0 Å². The summed E-state index contributed by atoms with van der Waals surface area (Å²) in [4.78, 5) is 23.2. The molecule has 0 atom stereocenters. The maximum atomic E-state index is 9.10. The summed E-state index contributed by atoms with van der Waals surface area (Å²) in [5.74, 6) is -1.92. The van der Waals surface area contributed by atoms with Crippen molar-refractivity contribution in [2.75, 3.05) is 40.4 Å². The van der Waals surface area contributed by atoms with Gasteiger partial charge in [-0.1, -0.05) is 34.1 Å². The summed E-state index contributed by atoms with van der Waals surface area (Å²) in [6.07, 6.45) is 0. The molecule has 9 heteroatoms. The standard InChI is InChI=1S/C20H25BrN2O2.C2H2O4/c1-24-19-7-6-17(20(13-19)25-2)15-23-10-8-22(9-11-23)14-16-4-3-5-18(21)12-16;3-1(4)2(5)6/h3-7,12-13H,8-11,14-15H2,1-2H3;(H,3,4)(H,5,6). The Morgan fingerprint density at radius 1 is 0.903 bits per heavy atom. The number of halogens is 1. The van der Waals surface area contributed by atoms with E-state index in [-0.39, 0.29) is 0 Å². The quantitative estimate of drug-likeness (QED) is 0.591. The molecule has 0 unspecified atom stereocenters. The number of aliphatic carboxylic acids is 2. The van der Waals surface area contributed by atoms with Crippen molar-refractivity contribution >= 4 is 27.9 Å². The topological polar surface area (TPSA) is 99.5 Å². The third-order valence-corrected chi connectivity index (χ3v) is 5.32. The summed E-state index contributed by atoms with van der Waals surface area (Å²) in [6, 6.07) is 14.6. The molecular formula is C22H27BrN2O6. The third kappa shape index (κ3) is 8.20. The lowest BCUT2D eigenvalue weighted by Gasteiger charge is -2.35. The maximum absolute atomic E-state index is 9.10. The monoisotopic (exact) mass is 494 g/mol. The lowest BCUT2D eigenvalue weighted by atomic mass is 10.1. The van der Waals surface area contributed by atoms with Crippen molar-refractivity contribution in [1.82, 2.24) is 9.80 Å². The minimum absolute atomic E-state index is 0.833. The van der Waals surface area contributed by atoms with Gasteiger partial charge in [-0.25, -0.2) is 9.59 Å². The Kier molecular flexibility index (Phi) is 9.77. The molecule has 168 valence electrons. The average Bonchev–Trinajstić information content (AvgIpc) is 2.76. The summed E-state index contributed by atoms with van der Waals surface area (Å²) >= 11 is 3.55. The smallest absolute Gasteiger partial charge is 0.414 e. The van der Waals surface area contributed by atoms with Crippen LogP contribution in [0.1, 0.15) is 11.1 Å². The van der Waals surface area contributed by atoms with Gasteiger partial charge < -0.3 is 19.7 Å². The zero-order valence-corrected chi connectivity index (χ0v) is 19.2. The fourth-order valence-electron chi connectivity index (χ4n) is 3.22. The van der Waals surface area contributed by atoms with Gasteiger partial charge in [0.25, 0.3) is 0 Å². The van der Waals surface area contributed by atoms with Crippen molar-refractivity contribution in [2.24, 2.45) is 0 Å². The molecule has 3 rings (SSSR count). The van der Waals surface area contributed by atoms with E-state index in [4.69, 9.17) is 29.3 Å². The number of methoxy groups -OCH3 is 2. The van der Waals surface area contributed by atoms with Crippen LogP contribution in [0.4, 0.5) is 0 Å². The van der Waals surface area contributed by atoms with Crippen LogP contribution in [0, 0.1) is 0 Å². The second kappa shape index (κ2) is 12.3. The van der Waals surface area contributed by atoms with E-state index in [1.807, 2.05) is 12.1 Å². The Balaban J connectivity index is 0.000000501. The molecule has 0 saturated carbocycles. The molecule has 1 aliphatic rings. The van der Waals surface area contributed by atoms with E-state index < -0.39 is 11.9 Å². The van der Waals surface area contributed by atoms with Crippen molar-refractivity contribution in [3.63, 3.8) is 0 Å². The normalized spacial score (nSPS) is 14.3. The molecule has 0 radical (unpaired) electrons. The second-order valence-electron chi connectivity index (χ2n) is 6.97. The molecule has 0 aliphatic carbocycles. The van der Waals surface area contributed by atoms with Gasteiger partial charge in [-0.15, -0.1) is 0 Å². The van der Waals surface area contributed by atoms with Crippen LogP contribution in [0.15, 0.2) is 46.9 Å². The molecule has 0 spiro atoms. The van der Waals surface area contributed by atoms with Crippen molar-refractivity contribution in [2.45, 2.75) is 13.1 Å². The summed E-state index contributed by atoms with van der Waals surface area (Å²) in [5, 5.41) is 14.8. The molecular weight excluding hydrogens is 468 g/mol. The van der Waals surface area contributed by atoms with Crippen molar-refractivity contribution in [3.05, 3.63) is 58.1 Å². The van der Waals surface area contributed by atoms with Crippen LogP contribution in [0.5, 0.6) is 11.5 Å². The first-order chi connectivity index (χ1) is 14.8. The Labute approximate surface area is 190 Å². The number of carbonyl (C=O) groups is 2. The molecule has 2 aromatic carbocycles. The van der Waals surface area contributed by atoms with Gasteiger partial charge in [0.2, 0.25) is 0 Å². The van der Waals surface area contributed by atoms with E-state index in [0.717, 1.165) is 55.2 Å². The first kappa shape index (κ1) is 24.6. The predicted octanol–water partition coefficient (Wildman–Crippen LogP) is 2.94. The first-order valence-corrected chi connectivity index (χ1v) is 10.5. The van der Waals surface area contributed by atoms with Gasteiger partial charge in [0, 0.05) is 55.4 Å². The predicted molar refractivity (Wildman–Crippen MR) is 120 cm³/mol. The number of benzene rings is 2. The molecule has 0 aromatic heterocycles. The van der Waals surface area contributed by atoms with Crippen molar-refractivity contribution < 1.29 is 29.3 Å². The zero-order chi connectivity index (χ0) is 22.8. The molecule has 8 nitrogen and oxygen atoms in total. The van der Waals surface area contributed by atoms with Crippen LogP contribution in [-0.4, -0.2) is 72.4 Å². The number of rotatable bonds is 6. The van der Waals surface area contributed by atoms with E-state index in [2.05, 4.69) is 56.1 Å². The highest BCUT2D eigenvalue weighted by molar-refractivity contribution is 9.10. The summed E-state index contributed by atoms with van der Waals surface area (Å²) < 4.78 is 11.9. The molecule has 2 N–H and O–H groups in total. The number of carboxylic acids is 2. The Morgan fingerprint density at radius 3 is 2.03 bits per heavy atom. The summed E-state index contributed by atoms with van der Waals surface area (Å²) in [5.41, 5.74) is 2.57. The molecule has 1 heterocycles. The van der Waals surface area contributed by atoms with Crippen LogP contribution in [0.2, 0.25) is 0 Å². The molecule has 0 amide bonds. The van der Waals surface area contributed by atoms with Crippen LogP contribution in [-0.2, 0) is 22.7 Å². The van der Waals surface area contributed by atoms with Gasteiger partial charge >= 0.3 is 11.9 Å². The third-order valence-electron chi connectivity index (χ3n) is 4.83. The first-order valence-electron chi connectivity index (χ1n) is 9.68. The Hall–Kier alpha value is -2.62. The zero-order valence-electron chi connectivity index (χ0n) is 17.6. The van der Waals surface area contributed by atoms with Gasteiger partial charge in [0.15, 0.2) is 0 Å². The lowest BCUT2D eigenvalue weighted by Crippen LogP contribution is -2.45. The molecule has 2 aromatic rings. The Morgan fingerprint density at radius 2 is 1.52 bits per heavy atom. The van der Waals surface area contributed by atoms with E-state index in [9.17, 15) is 0 Å². The Bertz CT molecular complexity index is 872. The number of ether oxygens (including phenoxy) is 2. The molecule has 0 bridgehead atoms. The molecule has 1 aliphatic heterocycles. The minimum Gasteiger partial charge on any atom is -0.497 e. The lowest BCUT2D eigenvalue weighted by molar-refractivity contribution is -0.159. The van der Waals surface area contributed by atoms with E-state index in [1.165, 1.54) is 11.1 Å². The van der Waals surface area contributed by atoms with Crippen molar-refractivity contribution in [1.29, 1.82) is 0 Å². The molecule has 31 heavy (non-hydrogen) atoms. The highest BCUT2D eigenvalue weighted by atomic mass is 79.9. The highest BCUT2D eigenvalue weighted by Gasteiger charge is 2.18. The number of hydrogen-bond acceptors (Lipinski definition) is 6. The second-order valence-corrected chi connectivity index (χ2v) is 7.89. The SMILES string of the molecule is COc1ccc(CN2CCN(Cc3cccc(Br)c3)CC2)c(OC)c1.O=C(O)C(=O)O. The summed E-state index contributed by atoms with van der Waals surface area (Å²) in [7, 11) is 3.40. The largest absolute Gasteiger partial charge is 0.497 e. The van der Waals surface area contributed by atoms with Gasteiger partial charge in [0.1, 0.15) is 11.5 Å². The van der Waals surface area contributed by atoms with Gasteiger partial charge in [-0.05, 0) is 23.8 Å². The highest BCUT2D eigenvalue weighted by Crippen LogP contribution is 2.26. The van der Waals surface area contributed by atoms with Gasteiger partial charge in [0.05, 0.1) is 14.2 Å². The van der Waals surface area contributed by atoms with E-state index in [0.29, 0.717) is 0 Å². The number of nitrogens with zero attached hydrogens (tertiary/aromatic N) is 2. The number of hydrogen-bond donors (Lipinski definition) is 2. The summed E-state index contributed by atoms with van der Waals surface area (Å²) in [6.45, 7) is 6.25. The van der Waals surface area contributed by atoms with E-state index >= 15 is 0 Å².